The van der Waals surface area contributed by atoms with Crippen molar-refractivity contribution in [2.45, 2.75) is 5.88 Å². The van der Waals surface area contributed by atoms with E-state index in [1.54, 1.807) is 0 Å². The fourth-order valence-electron chi connectivity index (χ4n) is 0.740. The zero-order valence-corrected chi connectivity index (χ0v) is 7.70. The summed E-state index contributed by atoms with van der Waals surface area (Å²) in [6.45, 7) is 0. The van der Waals surface area contributed by atoms with Gasteiger partial charge in [0.2, 0.25) is 0 Å². The average Bonchev–Trinajstić information content (AvgIpc) is 2.31. The highest BCUT2D eigenvalue weighted by Gasteiger charge is 2.18. The maximum atomic E-state index is 10.6. The Morgan fingerprint density at radius 2 is 2.31 bits per heavy atom. The molecule has 0 aliphatic rings. The van der Waals surface area contributed by atoms with E-state index in [0.717, 1.165) is 17.0 Å². The predicted molar refractivity (Wildman–Crippen MR) is 43.7 cm³/mol. The van der Waals surface area contributed by atoms with E-state index in [0.29, 0.717) is 0 Å². The maximum absolute atomic E-state index is 10.6. The number of hydrogen-bond acceptors (Lipinski definition) is 5. The van der Waals surface area contributed by atoms with E-state index < -0.39 is 25.8 Å². The molecule has 0 aromatic carbocycles. The predicted octanol–water partition coefficient (Wildman–Crippen LogP) is 0.317. The molecule has 1 aromatic rings. The second-order valence-electron chi connectivity index (χ2n) is 2.12. The lowest BCUT2D eigenvalue weighted by Crippen LogP contribution is -2.07. The standard InChI is InChI=1S/C4H4ClN3O4S/c5-13(11,12)3-7-2-1-6-4(7)8(9)10/h1-2H,3H2. The van der Waals surface area contributed by atoms with Gasteiger partial charge in [-0.1, -0.05) is 4.98 Å². The van der Waals surface area contributed by atoms with Crippen LogP contribution in [0.4, 0.5) is 5.95 Å². The summed E-state index contributed by atoms with van der Waals surface area (Å²) >= 11 is 0. The fraction of sp³-hybridized carbons (Fsp3) is 0.250. The molecule has 72 valence electrons. The van der Waals surface area contributed by atoms with Crippen LogP contribution < -0.4 is 0 Å². The minimum absolute atomic E-state index is 0.552. The Labute approximate surface area is 77.5 Å². The van der Waals surface area contributed by atoms with Gasteiger partial charge in [-0.25, -0.2) is 13.0 Å². The van der Waals surface area contributed by atoms with Crippen LogP contribution in [0, 0.1) is 10.1 Å². The van der Waals surface area contributed by atoms with Crippen LogP contribution in [0.5, 0.6) is 0 Å². The van der Waals surface area contributed by atoms with E-state index in [9.17, 15) is 18.5 Å². The van der Waals surface area contributed by atoms with Gasteiger partial charge in [0.1, 0.15) is 12.4 Å². The van der Waals surface area contributed by atoms with Crippen molar-refractivity contribution < 1.29 is 13.3 Å². The van der Waals surface area contributed by atoms with Crippen LogP contribution in [0.3, 0.4) is 0 Å². The summed E-state index contributed by atoms with van der Waals surface area (Å²) in [7, 11) is 1.09. The highest BCUT2D eigenvalue weighted by Crippen LogP contribution is 2.10. The molecule has 0 atom stereocenters. The van der Waals surface area contributed by atoms with Gasteiger partial charge in [-0.15, -0.1) is 0 Å². The Balaban J connectivity index is 3.02. The van der Waals surface area contributed by atoms with E-state index >= 15 is 0 Å². The zero-order valence-electron chi connectivity index (χ0n) is 6.12. The van der Waals surface area contributed by atoms with Gasteiger partial charge < -0.3 is 10.1 Å². The first-order chi connectivity index (χ1) is 5.90. The van der Waals surface area contributed by atoms with Crippen molar-refractivity contribution in [1.82, 2.24) is 9.55 Å². The van der Waals surface area contributed by atoms with Crippen molar-refractivity contribution in [2.75, 3.05) is 0 Å². The van der Waals surface area contributed by atoms with Gasteiger partial charge in [-0.3, -0.25) is 0 Å². The summed E-state index contributed by atoms with van der Waals surface area (Å²) in [5, 5.41) is 10.3. The third kappa shape index (κ3) is 2.67. The first-order valence-corrected chi connectivity index (χ1v) is 5.46. The monoisotopic (exact) mass is 225 g/mol. The Hall–Kier alpha value is -1.15. The fourth-order valence-corrected chi connectivity index (χ4v) is 1.59. The molecule has 1 heterocycles. The van der Waals surface area contributed by atoms with Crippen LogP contribution in [0.2, 0.25) is 0 Å². The molecule has 9 heteroatoms. The van der Waals surface area contributed by atoms with Gasteiger partial charge in [0.25, 0.3) is 9.05 Å². The molecular formula is C4H4ClN3O4S. The SMILES string of the molecule is O=[N+]([O-])c1nccn1CS(=O)(=O)Cl. The topological polar surface area (TPSA) is 95.1 Å². The number of imidazole rings is 1. The maximum Gasteiger partial charge on any atom is 0.435 e. The van der Waals surface area contributed by atoms with Crippen molar-refractivity contribution >= 4 is 25.7 Å². The van der Waals surface area contributed by atoms with Gasteiger partial charge in [-0.05, 0) is 4.92 Å². The Kier molecular flexibility index (Phi) is 2.52. The van der Waals surface area contributed by atoms with Gasteiger partial charge >= 0.3 is 5.95 Å². The molecule has 1 aromatic heterocycles. The van der Waals surface area contributed by atoms with Crippen molar-refractivity contribution in [3.8, 4) is 0 Å². The summed E-state index contributed by atoms with van der Waals surface area (Å²) in [6.07, 6.45) is 2.29. The first-order valence-electron chi connectivity index (χ1n) is 2.98. The normalized spacial score (nSPS) is 11.5. The van der Waals surface area contributed by atoms with E-state index in [4.69, 9.17) is 10.7 Å². The highest BCUT2D eigenvalue weighted by atomic mass is 35.7. The molecule has 1 rings (SSSR count). The van der Waals surface area contributed by atoms with Crippen molar-refractivity contribution in [2.24, 2.45) is 0 Å². The molecular weight excluding hydrogens is 222 g/mol. The van der Waals surface area contributed by atoms with Crippen molar-refractivity contribution in [1.29, 1.82) is 0 Å². The smallest absolute Gasteiger partial charge is 0.390 e. The first kappa shape index (κ1) is 9.93. The van der Waals surface area contributed by atoms with Crippen LogP contribution in [0.15, 0.2) is 12.4 Å². The van der Waals surface area contributed by atoms with Crippen LogP contribution in [0.25, 0.3) is 0 Å². The molecule has 0 radical (unpaired) electrons. The molecule has 0 amide bonds. The third-order valence-electron chi connectivity index (χ3n) is 1.15. The van der Waals surface area contributed by atoms with E-state index in [-0.39, 0.29) is 0 Å². The summed E-state index contributed by atoms with van der Waals surface area (Å²) in [4.78, 5) is 12.8. The zero-order chi connectivity index (χ0) is 10.1. The summed E-state index contributed by atoms with van der Waals surface area (Å²) in [5.74, 6) is -1.21. The summed E-state index contributed by atoms with van der Waals surface area (Å²) < 4.78 is 22.0. The van der Waals surface area contributed by atoms with Gasteiger partial charge in [0.15, 0.2) is 5.88 Å². The molecule has 13 heavy (non-hydrogen) atoms. The van der Waals surface area contributed by atoms with Crippen LogP contribution in [0.1, 0.15) is 0 Å². The number of nitrogens with zero attached hydrogens (tertiary/aromatic N) is 3. The second kappa shape index (κ2) is 3.30. The lowest BCUT2D eigenvalue weighted by atomic mass is 10.9. The van der Waals surface area contributed by atoms with E-state index in [1.165, 1.54) is 0 Å². The second-order valence-corrected chi connectivity index (χ2v) is 4.87. The molecule has 0 saturated heterocycles. The van der Waals surface area contributed by atoms with Gasteiger partial charge in [0.05, 0.1) is 0 Å². The highest BCUT2D eigenvalue weighted by molar-refractivity contribution is 8.13. The van der Waals surface area contributed by atoms with Crippen molar-refractivity contribution in [3.63, 3.8) is 0 Å². The Morgan fingerprint density at radius 3 is 2.77 bits per heavy atom. The number of halogens is 1. The lowest BCUT2D eigenvalue weighted by molar-refractivity contribution is -0.396. The van der Waals surface area contributed by atoms with E-state index in [2.05, 4.69) is 4.98 Å². The summed E-state index contributed by atoms with van der Waals surface area (Å²) in [5.41, 5.74) is 0. The Bertz CT molecular complexity index is 424. The van der Waals surface area contributed by atoms with Gasteiger partial charge in [-0.2, -0.15) is 0 Å². The molecule has 0 N–H and O–H groups in total. The van der Waals surface area contributed by atoms with Gasteiger partial charge in [0, 0.05) is 10.7 Å². The molecule has 0 aliphatic heterocycles. The molecule has 0 aliphatic carbocycles. The number of rotatable bonds is 3. The number of hydrogen-bond donors (Lipinski definition) is 0. The molecule has 0 spiro atoms. The molecule has 0 bridgehead atoms. The molecule has 0 saturated carbocycles. The van der Waals surface area contributed by atoms with Crippen molar-refractivity contribution in [3.05, 3.63) is 22.5 Å². The quantitative estimate of drug-likeness (QED) is 0.419. The minimum Gasteiger partial charge on any atom is -0.390 e. The van der Waals surface area contributed by atoms with Crippen LogP contribution >= 0.6 is 10.7 Å². The molecule has 0 fully saturated rings. The number of nitro groups is 1. The molecule has 7 nitrogen and oxygen atoms in total. The number of aromatic nitrogens is 2. The third-order valence-corrected chi connectivity index (χ3v) is 2.03. The minimum atomic E-state index is -3.81. The molecule has 0 unspecified atom stereocenters. The largest absolute Gasteiger partial charge is 0.435 e. The summed E-state index contributed by atoms with van der Waals surface area (Å²) in [6, 6.07) is 0. The van der Waals surface area contributed by atoms with E-state index in [1.807, 2.05) is 0 Å². The van der Waals surface area contributed by atoms with Crippen LogP contribution in [-0.4, -0.2) is 22.9 Å². The lowest BCUT2D eigenvalue weighted by Gasteiger charge is -1.97. The average molecular weight is 226 g/mol. The Morgan fingerprint density at radius 1 is 1.69 bits per heavy atom. The van der Waals surface area contributed by atoms with Crippen LogP contribution in [-0.2, 0) is 14.9 Å².